The molecule has 4 heteroatoms. The monoisotopic (exact) mass is 319 g/mol. The molecule has 0 radical (unpaired) electrons. The van der Waals surface area contributed by atoms with Crippen LogP contribution >= 0.6 is 27.5 Å². The molecular formula is C13H19BrClNO. The SMILES string of the molecule is CC(Cl)C(C)(C)NCCOc1cccc(Br)c1. The Bertz CT molecular complexity index is 355. The van der Waals surface area contributed by atoms with E-state index in [0.717, 1.165) is 16.8 Å². The van der Waals surface area contributed by atoms with E-state index in [1.165, 1.54) is 0 Å². The number of benzene rings is 1. The van der Waals surface area contributed by atoms with Crippen LogP contribution in [0.25, 0.3) is 0 Å². The Balaban J connectivity index is 2.29. The zero-order valence-electron chi connectivity index (χ0n) is 10.5. The Morgan fingerprint density at radius 1 is 1.47 bits per heavy atom. The third-order valence-corrected chi connectivity index (χ3v) is 3.78. The molecule has 1 atom stereocenters. The number of hydrogen-bond acceptors (Lipinski definition) is 2. The summed E-state index contributed by atoms with van der Waals surface area (Å²) in [6.45, 7) is 7.57. The fourth-order valence-electron chi connectivity index (χ4n) is 1.24. The average Bonchev–Trinajstić information content (AvgIpc) is 2.24. The minimum absolute atomic E-state index is 0.0772. The minimum atomic E-state index is -0.0812. The molecule has 0 aromatic heterocycles. The van der Waals surface area contributed by atoms with Gasteiger partial charge >= 0.3 is 0 Å². The van der Waals surface area contributed by atoms with E-state index < -0.39 is 0 Å². The highest BCUT2D eigenvalue weighted by Crippen LogP contribution is 2.18. The molecule has 1 unspecified atom stereocenters. The van der Waals surface area contributed by atoms with Gasteiger partial charge in [-0.1, -0.05) is 22.0 Å². The summed E-state index contributed by atoms with van der Waals surface area (Å²) in [4.78, 5) is 0. The standard InChI is InChI=1S/C13H19BrClNO/c1-10(15)13(2,3)16-7-8-17-12-6-4-5-11(14)9-12/h4-6,9-10,16H,7-8H2,1-3H3. The lowest BCUT2D eigenvalue weighted by Gasteiger charge is -2.29. The number of nitrogens with one attached hydrogen (secondary N) is 1. The topological polar surface area (TPSA) is 21.3 Å². The van der Waals surface area contributed by atoms with Gasteiger partial charge in [0.25, 0.3) is 0 Å². The molecule has 0 aliphatic rings. The molecular weight excluding hydrogens is 302 g/mol. The van der Waals surface area contributed by atoms with Crippen molar-refractivity contribution in [3.8, 4) is 5.75 Å². The molecule has 1 aromatic carbocycles. The van der Waals surface area contributed by atoms with E-state index in [-0.39, 0.29) is 10.9 Å². The predicted molar refractivity (Wildman–Crippen MR) is 77.0 cm³/mol. The first-order chi connectivity index (χ1) is 7.92. The normalized spacial score (nSPS) is 13.5. The van der Waals surface area contributed by atoms with Crippen LogP contribution in [0, 0.1) is 0 Å². The first kappa shape index (κ1) is 14.8. The van der Waals surface area contributed by atoms with Gasteiger partial charge in [-0.25, -0.2) is 0 Å². The van der Waals surface area contributed by atoms with Crippen LogP contribution in [0.1, 0.15) is 20.8 Å². The van der Waals surface area contributed by atoms with Crippen molar-refractivity contribution in [2.45, 2.75) is 31.7 Å². The van der Waals surface area contributed by atoms with Crippen molar-refractivity contribution in [3.05, 3.63) is 28.7 Å². The third kappa shape index (κ3) is 5.28. The van der Waals surface area contributed by atoms with Crippen molar-refractivity contribution in [2.24, 2.45) is 0 Å². The summed E-state index contributed by atoms with van der Waals surface area (Å²) in [5.41, 5.74) is -0.0812. The molecule has 0 bridgehead atoms. The molecule has 1 N–H and O–H groups in total. The van der Waals surface area contributed by atoms with Crippen molar-refractivity contribution < 1.29 is 4.74 Å². The maximum absolute atomic E-state index is 6.08. The van der Waals surface area contributed by atoms with Gasteiger partial charge in [0.1, 0.15) is 12.4 Å². The maximum Gasteiger partial charge on any atom is 0.120 e. The number of hydrogen-bond donors (Lipinski definition) is 1. The van der Waals surface area contributed by atoms with E-state index in [0.29, 0.717) is 6.61 Å². The van der Waals surface area contributed by atoms with Crippen LogP contribution in [-0.4, -0.2) is 24.1 Å². The van der Waals surface area contributed by atoms with Crippen LogP contribution in [0.15, 0.2) is 28.7 Å². The lowest BCUT2D eigenvalue weighted by molar-refractivity contribution is 0.282. The molecule has 0 saturated carbocycles. The maximum atomic E-state index is 6.08. The summed E-state index contributed by atoms with van der Waals surface area (Å²) >= 11 is 9.49. The summed E-state index contributed by atoms with van der Waals surface area (Å²) in [6, 6.07) is 7.83. The molecule has 96 valence electrons. The van der Waals surface area contributed by atoms with Crippen molar-refractivity contribution in [3.63, 3.8) is 0 Å². The Morgan fingerprint density at radius 3 is 2.76 bits per heavy atom. The second-order valence-electron chi connectivity index (χ2n) is 4.57. The number of halogens is 2. The molecule has 0 fully saturated rings. The van der Waals surface area contributed by atoms with Crippen molar-refractivity contribution in [2.75, 3.05) is 13.2 Å². The van der Waals surface area contributed by atoms with E-state index >= 15 is 0 Å². The van der Waals surface area contributed by atoms with Gasteiger partial charge in [0.05, 0.1) is 0 Å². The minimum Gasteiger partial charge on any atom is -0.492 e. The first-order valence-corrected chi connectivity index (χ1v) is 6.92. The fourth-order valence-corrected chi connectivity index (χ4v) is 1.69. The van der Waals surface area contributed by atoms with Gasteiger partial charge in [-0.2, -0.15) is 0 Å². The fraction of sp³-hybridized carbons (Fsp3) is 0.538. The third-order valence-electron chi connectivity index (χ3n) is 2.74. The van der Waals surface area contributed by atoms with Crippen LogP contribution in [-0.2, 0) is 0 Å². The van der Waals surface area contributed by atoms with Gasteiger partial charge in [-0.3, -0.25) is 0 Å². The van der Waals surface area contributed by atoms with Gasteiger partial charge in [-0.05, 0) is 39.0 Å². The average molecular weight is 321 g/mol. The Hall–Kier alpha value is -0.250. The zero-order chi connectivity index (χ0) is 12.9. The number of ether oxygens (including phenoxy) is 1. The molecule has 17 heavy (non-hydrogen) atoms. The van der Waals surface area contributed by atoms with Crippen LogP contribution in [0.3, 0.4) is 0 Å². The quantitative estimate of drug-likeness (QED) is 0.635. The van der Waals surface area contributed by atoms with Crippen molar-refractivity contribution in [1.82, 2.24) is 5.32 Å². The number of rotatable bonds is 6. The van der Waals surface area contributed by atoms with E-state index in [1.54, 1.807) is 0 Å². The van der Waals surface area contributed by atoms with Crippen LogP contribution in [0.5, 0.6) is 5.75 Å². The molecule has 0 aliphatic heterocycles. The Kier molecular flexibility index (Phi) is 5.77. The van der Waals surface area contributed by atoms with E-state index in [1.807, 2.05) is 31.2 Å². The summed E-state index contributed by atoms with van der Waals surface area (Å²) in [6.07, 6.45) is 0. The van der Waals surface area contributed by atoms with Gasteiger partial charge in [-0.15, -0.1) is 11.6 Å². The second kappa shape index (κ2) is 6.62. The summed E-state index contributed by atoms with van der Waals surface area (Å²) in [5, 5.41) is 3.45. The highest BCUT2D eigenvalue weighted by Gasteiger charge is 2.22. The highest BCUT2D eigenvalue weighted by molar-refractivity contribution is 9.10. The van der Waals surface area contributed by atoms with Crippen LogP contribution in [0.4, 0.5) is 0 Å². The molecule has 0 amide bonds. The van der Waals surface area contributed by atoms with E-state index in [2.05, 4.69) is 35.1 Å². The zero-order valence-corrected chi connectivity index (χ0v) is 12.8. The van der Waals surface area contributed by atoms with Gasteiger partial charge < -0.3 is 10.1 Å². The lowest BCUT2D eigenvalue weighted by atomic mass is 10.0. The largest absolute Gasteiger partial charge is 0.492 e. The molecule has 0 saturated heterocycles. The van der Waals surface area contributed by atoms with Crippen LogP contribution in [0.2, 0.25) is 0 Å². The first-order valence-electron chi connectivity index (χ1n) is 5.69. The summed E-state index contributed by atoms with van der Waals surface area (Å²) in [7, 11) is 0. The van der Waals surface area contributed by atoms with Gasteiger partial charge in [0, 0.05) is 21.9 Å². The van der Waals surface area contributed by atoms with Gasteiger partial charge in [0.15, 0.2) is 0 Å². The van der Waals surface area contributed by atoms with Crippen molar-refractivity contribution in [1.29, 1.82) is 0 Å². The second-order valence-corrected chi connectivity index (χ2v) is 6.14. The molecule has 1 aromatic rings. The van der Waals surface area contributed by atoms with Gasteiger partial charge in [0.2, 0.25) is 0 Å². The smallest absolute Gasteiger partial charge is 0.120 e. The predicted octanol–water partition coefficient (Wildman–Crippen LogP) is 3.82. The molecule has 2 nitrogen and oxygen atoms in total. The van der Waals surface area contributed by atoms with Crippen molar-refractivity contribution >= 4 is 27.5 Å². The highest BCUT2D eigenvalue weighted by atomic mass is 79.9. The summed E-state index contributed by atoms with van der Waals surface area (Å²) in [5.74, 6) is 0.873. The number of alkyl halides is 1. The van der Waals surface area contributed by atoms with E-state index in [4.69, 9.17) is 16.3 Å². The molecule has 0 spiro atoms. The molecule has 0 heterocycles. The van der Waals surface area contributed by atoms with E-state index in [9.17, 15) is 0 Å². The van der Waals surface area contributed by atoms with Crippen LogP contribution < -0.4 is 10.1 Å². The Labute approximate surface area is 117 Å². The molecule has 1 rings (SSSR count). The summed E-state index contributed by atoms with van der Waals surface area (Å²) < 4.78 is 6.65. The lowest BCUT2D eigenvalue weighted by Crippen LogP contribution is -2.47. The Morgan fingerprint density at radius 2 is 2.18 bits per heavy atom. The molecule has 0 aliphatic carbocycles.